The van der Waals surface area contributed by atoms with Crippen molar-refractivity contribution in [2.45, 2.75) is 25.9 Å². The first kappa shape index (κ1) is 17.3. The number of aromatic amines is 1. The van der Waals surface area contributed by atoms with Crippen molar-refractivity contribution in [3.05, 3.63) is 35.4 Å². The second-order valence-electron chi connectivity index (χ2n) is 6.65. The Balaban J connectivity index is 1.74. The van der Waals surface area contributed by atoms with Crippen molar-refractivity contribution in [3.8, 4) is 0 Å². The van der Waals surface area contributed by atoms with Gasteiger partial charge in [-0.05, 0) is 18.1 Å². The van der Waals surface area contributed by atoms with Crippen molar-refractivity contribution in [3.63, 3.8) is 0 Å². The molecule has 2 aromatic heterocycles. The van der Waals surface area contributed by atoms with Crippen LogP contribution in [-0.4, -0.2) is 64.8 Å². The number of aromatic nitrogens is 4. The largest absolute Gasteiger partial charge is 0.368 e. The molecule has 1 aliphatic rings. The summed E-state index contributed by atoms with van der Waals surface area (Å²) in [4.78, 5) is 25.1. The number of carbonyl (C=O) groups is 1. The fraction of sp³-hybridized carbons (Fsp3) is 0.529. The van der Waals surface area contributed by atoms with E-state index in [2.05, 4.69) is 34.0 Å². The number of hydrogen-bond donors (Lipinski definition) is 1. The van der Waals surface area contributed by atoms with Crippen LogP contribution in [0.3, 0.4) is 0 Å². The summed E-state index contributed by atoms with van der Waals surface area (Å²) in [5.74, 6) is 0.841. The highest BCUT2D eigenvalue weighted by molar-refractivity contribution is 5.92. The molecule has 0 aliphatic carbocycles. The quantitative estimate of drug-likeness (QED) is 0.906. The highest BCUT2D eigenvalue weighted by Gasteiger charge is 2.28. The van der Waals surface area contributed by atoms with E-state index in [0.29, 0.717) is 37.3 Å². The summed E-state index contributed by atoms with van der Waals surface area (Å²) in [7, 11) is 3.78. The molecule has 0 bridgehead atoms. The van der Waals surface area contributed by atoms with Gasteiger partial charge in [0.05, 0.1) is 18.8 Å². The standard InChI is InChI=1S/C17H24N6O2/c1-11(2)13-9-14(21-20-13)16(24)23-7-8-25-15(10-23)12-5-6-18-17(19-12)22(3)4/h5-6,9,11,15H,7-8,10H2,1-4H3,(H,20,21)/t15-/m1/s1. The summed E-state index contributed by atoms with van der Waals surface area (Å²) >= 11 is 0. The number of ether oxygens (including phenoxy) is 1. The van der Waals surface area contributed by atoms with E-state index in [0.717, 1.165) is 11.4 Å². The van der Waals surface area contributed by atoms with Crippen LogP contribution in [0.1, 0.15) is 47.7 Å². The molecule has 25 heavy (non-hydrogen) atoms. The summed E-state index contributed by atoms with van der Waals surface area (Å²) in [6, 6.07) is 3.66. The molecule has 1 aliphatic heterocycles. The number of nitrogens with zero attached hydrogens (tertiary/aromatic N) is 5. The molecular formula is C17H24N6O2. The Hall–Kier alpha value is -2.48. The third-order valence-corrected chi connectivity index (χ3v) is 4.19. The van der Waals surface area contributed by atoms with E-state index < -0.39 is 0 Å². The molecule has 8 nitrogen and oxygen atoms in total. The molecule has 0 spiro atoms. The van der Waals surface area contributed by atoms with E-state index in [9.17, 15) is 4.79 Å². The van der Waals surface area contributed by atoms with Gasteiger partial charge >= 0.3 is 0 Å². The van der Waals surface area contributed by atoms with Crippen LogP contribution in [0.25, 0.3) is 0 Å². The van der Waals surface area contributed by atoms with Gasteiger partial charge in [-0.15, -0.1) is 0 Å². The maximum Gasteiger partial charge on any atom is 0.274 e. The zero-order valence-electron chi connectivity index (χ0n) is 15.1. The van der Waals surface area contributed by atoms with Gasteiger partial charge in [0.1, 0.15) is 11.8 Å². The minimum atomic E-state index is -0.261. The van der Waals surface area contributed by atoms with E-state index in [4.69, 9.17) is 4.74 Å². The average molecular weight is 344 g/mol. The Kier molecular flexibility index (Phi) is 4.98. The molecule has 134 valence electrons. The maximum absolute atomic E-state index is 12.7. The van der Waals surface area contributed by atoms with E-state index in [-0.39, 0.29) is 12.0 Å². The summed E-state index contributed by atoms with van der Waals surface area (Å²) in [5.41, 5.74) is 2.18. The van der Waals surface area contributed by atoms with Crippen LogP contribution >= 0.6 is 0 Å². The van der Waals surface area contributed by atoms with Crippen molar-refractivity contribution >= 4 is 11.9 Å². The molecule has 1 saturated heterocycles. The number of nitrogens with one attached hydrogen (secondary N) is 1. The Labute approximate surface area is 147 Å². The highest BCUT2D eigenvalue weighted by Crippen LogP contribution is 2.23. The lowest BCUT2D eigenvalue weighted by Crippen LogP contribution is -2.42. The fourth-order valence-electron chi connectivity index (χ4n) is 2.67. The smallest absolute Gasteiger partial charge is 0.274 e. The average Bonchev–Trinajstić information content (AvgIpc) is 3.12. The molecule has 1 amide bonds. The van der Waals surface area contributed by atoms with Gasteiger partial charge in [0.25, 0.3) is 5.91 Å². The Morgan fingerprint density at radius 1 is 1.44 bits per heavy atom. The summed E-state index contributed by atoms with van der Waals surface area (Å²) < 4.78 is 5.83. The van der Waals surface area contributed by atoms with Crippen molar-refractivity contribution in [2.24, 2.45) is 0 Å². The van der Waals surface area contributed by atoms with Crippen LogP contribution < -0.4 is 4.90 Å². The number of anilines is 1. The third kappa shape index (κ3) is 3.79. The first-order valence-corrected chi connectivity index (χ1v) is 8.42. The van der Waals surface area contributed by atoms with Crippen molar-refractivity contribution in [1.82, 2.24) is 25.1 Å². The normalized spacial score (nSPS) is 17.8. The molecular weight excluding hydrogens is 320 g/mol. The van der Waals surface area contributed by atoms with Crippen molar-refractivity contribution < 1.29 is 9.53 Å². The number of morpholine rings is 1. The number of amides is 1. The third-order valence-electron chi connectivity index (χ3n) is 4.19. The van der Waals surface area contributed by atoms with E-state index >= 15 is 0 Å². The molecule has 1 N–H and O–H groups in total. The lowest BCUT2D eigenvalue weighted by Gasteiger charge is -2.32. The molecule has 0 saturated carbocycles. The van der Waals surface area contributed by atoms with Gasteiger partial charge in [-0.3, -0.25) is 9.89 Å². The van der Waals surface area contributed by atoms with Gasteiger partial charge in [0.2, 0.25) is 5.95 Å². The Morgan fingerprint density at radius 2 is 2.24 bits per heavy atom. The lowest BCUT2D eigenvalue weighted by atomic mass is 10.1. The highest BCUT2D eigenvalue weighted by atomic mass is 16.5. The number of H-pyrrole nitrogens is 1. The fourth-order valence-corrected chi connectivity index (χ4v) is 2.67. The molecule has 3 rings (SSSR count). The first-order chi connectivity index (χ1) is 12.0. The van der Waals surface area contributed by atoms with Gasteiger partial charge in [0.15, 0.2) is 0 Å². The lowest BCUT2D eigenvalue weighted by molar-refractivity contribution is -0.0249. The molecule has 8 heteroatoms. The number of carbonyl (C=O) groups excluding carboxylic acids is 1. The zero-order valence-corrected chi connectivity index (χ0v) is 15.1. The molecule has 1 atom stereocenters. The van der Waals surface area contributed by atoms with Crippen molar-refractivity contribution in [1.29, 1.82) is 0 Å². The minimum absolute atomic E-state index is 0.0849. The molecule has 0 radical (unpaired) electrons. The van der Waals surface area contributed by atoms with Crippen LogP contribution in [0, 0.1) is 0 Å². The Morgan fingerprint density at radius 3 is 2.92 bits per heavy atom. The predicted molar refractivity (Wildman–Crippen MR) is 93.6 cm³/mol. The van der Waals surface area contributed by atoms with Crippen LogP contribution in [0.4, 0.5) is 5.95 Å². The number of rotatable bonds is 4. The molecule has 3 heterocycles. The summed E-state index contributed by atoms with van der Waals surface area (Å²) in [6.45, 7) is 5.59. The van der Waals surface area contributed by atoms with Gasteiger partial charge in [0, 0.05) is 32.5 Å². The van der Waals surface area contributed by atoms with Crippen LogP contribution in [0.2, 0.25) is 0 Å². The second-order valence-corrected chi connectivity index (χ2v) is 6.65. The van der Waals surface area contributed by atoms with Gasteiger partial charge < -0.3 is 14.5 Å². The monoisotopic (exact) mass is 344 g/mol. The summed E-state index contributed by atoms with van der Waals surface area (Å²) in [5, 5.41) is 7.09. The molecule has 2 aromatic rings. The van der Waals surface area contributed by atoms with E-state index in [1.165, 1.54) is 0 Å². The molecule has 0 aromatic carbocycles. The molecule has 1 fully saturated rings. The van der Waals surface area contributed by atoms with E-state index in [1.54, 1.807) is 11.1 Å². The van der Waals surface area contributed by atoms with Crippen LogP contribution in [-0.2, 0) is 4.74 Å². The maximum atomic E-state index is 12.7. The summed E-state index contributed by atoms with van der Waals surface area (Å²) in [6.07, 6.45) is 1.45. The van der Waals surface area contributed by atoms with Gasteiger partial charge in [-0.2, -0.15) is 5.10 Å². The first-order valence-electron chi connectivity index (χ1n) is 8.42. The van der Waals surface area contributed by atoms with Crippen molar-refractivity contribution in [2.75, 3.05) is 38.7 Å². The zero-order chi connectivity index (χ0) is 18.0. The Bertz CT molecular complexity index is 742. The second kappa shape index (κ2) is 7.18. The van der Waals surface area contributed by atoms with E-state index in [1.807, 2.05) is 31.1 Å². The van der Waals surface area contributed by atoms with Crippen LogP contribution in [0.5, 0.6) is 0 Å². The topological polar surface area (TPSA) is 87.2 Å². The van der Waals surface area contributed by atoms with Crippen LogP contribution in [0.15, 0.2) is 18.3 Å². The van der Waals surface area contributed by atoms with Gasteiger partial charge in [-0.25, -0.2) is 9.97 Å². The molecule has 0 unspecified atom stereocenters. The number of hydrogen-bond acceptors (Lipinski definition) is 6. The minimum Gasteiger partial charge on any atom is -0.368 e. The predicted octanol–water partition coefficient (Wildman–Crippen LogP) is 1.60. The SMILES string of the molecule is CC(C)c1cc(C(=O)N2CCO[C@@H](c3ccnc(N(C)C)n3)C2)n[nH]1. The van der Waals surface area contributed by atoms with Gasteiger partial charge in [-0.1, -0.05) is 13.8 Å².